The minimum Gasteiger partial charge on any atom is -0.476 e. The number of ether oxygens (including phenoxy) is 1. The first kappa shape index (κ1) is 20.8. The second kappa shape index (κ2) is 9.43. The van der Waals surface area contributed by atoms with Crippen LogP contribution < -0.4 is 10.1 Å². The van der Waals surface area contributed by atoms with E-state index in [4.69, 9.17) is 33.2 Å². The lowest BCUT2D eigenvalue weighted by atomic mass is 10.1. The van der Waals surface area contributed by atoms with Crippen LogP contribution in [0.4, 0.5) is 5.69 Å². The van der Waals surface area contributed by atoms with E-state index in [1.54, 1.807) is 31.2 Å². The molecule has 0 aliphatic rings. The summed E-state index contributed by atoms with van der Waals surface area (Å²) in [6, 6.07) is 12.0. The zero-order valence-electron chi connectivity index (χ0n) is 14.0. The molecule has 0 aliphatic carbocycles. The number of benzene rings is 2. The van der Waals surface area contributed by atoms with Gasteiger partial charge in [0.1, 0.15) is 17.7 Å². The number of anilines is 1. The molecule has 0 unspecified atom stereocenters. The van der Waals surface area contributed by atoms with Gasteiger partial charge in [0.2, 0.25) is 0 Å². The summed E-state index contributed by atoms with van der Waals surface area (Å²) in [6.07, 6.45) is 1.40. The molecule has 136 valence electrons. The molecule has 1 N–H and O–H groups in total. The van der Waals surface area contributed by atoms with Crippen molar-refractivity contribution in [3.05, 3.63) is 61.5 Å². The van der Waals surface area contributed by atoms with E-state index in [1.807, 2.05) is 12.1 Å². The van der Waals surface area contributed by atoms with Gasteiger partial charge in [-0.2, -0.15) is 10.5 Å². The van der Waals surface area contributed by atoms with Crippen LogP contribution in [0.5, 0.6) is 5.75 Å². The predicted octanol–water partition coefficient (Wildman–Crippen LogP) is 5.51. The molecule has 2 rings (SSSR count). The van der Waals surface area contributed by atoms with E-state index in [2.05, 4.69) is 21.2 Å². The second-order valence-corrected chi connectivity index (χ2v) is 6.97. The van der Waals surface area contributed by atoms with Crippen molar-refractivity contribution in [1.82, 2.24) is 0 Å². The molecule has 0 saturated heterocycles. The number of nitriles is 2. The Kier molecular flexibility index (Phi) is 7.27. The zero-order chi connectivity index (χ0) is 20.0. The molecule has 0 aromatic heterocycles. The molecular formula is C19H12BrCl2N3O2. The summed E-state index contributed by atoms with van der Waals surface area (Å²) in [5.41, 5.74) is 1.64. The molecule has 0 atom stereocenters. The normalized spacial score (nSPS) is 10.7. The minimum absolute atomic E-state index is 0.108. The summed E-state index contributed by atoms with van der Waals surface area (Å²) in [5, 5.41) is 21.4. The Bertz CT molecular complexity index is 984. The Balaban J connectivity index is 2.30. The van der Waals surface area contributed by atoms with Crippen molar-refractivity contribution < 1.29 is 9.53 Å². The third-order valence-corrected chi connectivity index (χ3v) is 4.77. The molecule has 0 fully saturated rings. The highest BCUT2D eigenvalue weighted by molar-refractivity contribution is 9.10. The Morgan fingerprint density at radius 3 is 2.67 bits per heavy atom. The maximum absolute atomic E-state index is 12.4. The molecule has 0 radical (unpaired) electrons. The summed E-state index contributed by atoms with van der Waals surface area (Å²) in [5.74, 6) is -0.257. The number of halogens is 3. The zero-order valence-corrected chi connectivity index (χ0v) is 17.1. The van der Waals surface area contributed by atoms with Crippen molar-refractivity contribution in [2.75, 3.05) is 11.9 Å². The van der Waals surface area contributed by atoms with Crippen molar-refractivity contribution in [1.29, 1.82) is 10.5 Å². The topological polar surface area (TPSA) is 85.9 Å². The molecular weight excluding hydrogens is 453 g/mol. The lowest BCUT2D eigenvalue weighted by molar-refractivity contribution is -0.112. The predicted molar refractivity (Wildman–Crippen MR) is 109 cm³/mol. The van der Waals surface area contributed by atoms with Gasteiger partial charge in [-0.1, -0.05) is 29.3 Å². The minimum atomic E-state index is -0.570. The van der Waals surface area contributed by atoms with Gasteiger partial charge in [-0.25, -0.2) is 0 Å². The van der Waals surface area contributed by atoms with Crippen LogP contribution in [0.25, 0.3) is 6.08 Å². The Hall–Kier alpha value is -2.51. The highest BCUT2D eigenvalue weighted by Crippen LogP contribution is 2.35. The number of rotatable bonds is 5. The van der Waals surface area contributed by atoms with Gasteiger partial charge >= 0.3 is 0 Å². The second-order valence-electron chi connectivity index (χ2n) is 5.30. The van der Waals surface area contributed by atoms with E-state index in [9.17, 15) is 10.1 Å². The average molecular weight is 465 g/mol. The average Bonchev–Trinajstić information content (AvgIpc) is 2.62. The fourth-order valence-electron chi connectivity index (χ4n) is 2.15. The number of nitrogens with zero attached hydrogens (tertiary/aromatic N) is 2. The summed E-state index contributed by atoms with van der Waals surface area (Å²) in [7, 11) is 0. The summed E-state index contributed by atoms with van der Waals surface area (Å²) in [6.45, 7) is 1.61. The van der Waals surface area contributed by atoms with Gasteiger partial charge in [0.25, 0.3) is 5.91 Å². The molecule has 2 aromatic rings. The van der Waals surface area contributed by atoms with E-state index in [0.29, 0.717) is 32.1 Å². The molecule has 0 heterocycles. The van der Waals surface area contributed by atoms with Crippen molar-refractivity contribution >= 4 is 56.8 Å². The molecule has 2 aromatic carbocycles. The van der Waals surface area contributed by atoms with Crippen molar-refractivity contribution in [2.45, 2.75) is 6.92 Å². The molecule has 0 bridgehead atoms. The van der Waals surface area contributed by atoms with Gasteiger partial charge in [-0.05, 0) is 64.3 Å². The third kappa shape index (κ3) is 5.24. The first-order chi connectivity index (χ1) is 12.9. The Morgan fingerprint density at radius 2 is 2.04 bits per heavy atom. The SMILES string of the molecule is Cc1c(Cl)cccc1NC(=O)/C(C#N)=C\c1cc(Cl)c(OCC#N)c(Br)c1. The van der Waals surface area contributed by atoms with Crippen LogP contribution in [0.3, 0.4) is 0 Å². The number of carbonyl (C=O) groups is 1. The lowest BCUT2D eigenvalue weighted by Gasteiger charge is -2.10. The summed E-state index contributed by atoms with van der Waals surface area (Å²) < 4.78 is 5.74. The number of hydrogen-bond donors (Lipinski definition) is 1. The van der Waals surface area contributed by atoms with Crippen molar-refractivity contribution in [3.8, 4) is 17.9 Å². The molecule has 0 spiro atoms. The maximum atomic E-state index is 12.4. The number of carbonyl (C=O) groups excluding carboxylic acids is 1. The molecule has 27 heavy (non-hydrogen) atoms. The fourth-order valence-corrected chi connectivity index (χ4v) is 3.32. The molecule has 5 nitrogen and oxygen atoms in total. The molecule has 1 amide bonds. The first-order valence-electron chi connectivity index (χ1n) is 7.54. The van der Waals surface area contributed by atoms with E-state index in [0.717, 1.165) is 0 Å². The number of nitrogens with one attached hydrogen (secondary N) is 1. The van der Waals surface area contributed by atoms with Gasteiger partial charge in [0.05, 0.1) is 9.50 Å². The van der Waals surface area contributed by atoms with Gasteiger partial charge in [-0.15, -0.1) is 0 Å². The van der Waals surface area contributed by atoms with Crippen LogP contribution in [-0.2, 0) is 4.79 Å². The monoisotopic (exact) mass is 463 g/mol. The Labute approximate surface area is 174 Å². The van der Waals surface area contributed by atoms with Crippen LogP contribution in [-0.4, -0.2) is 12.5 Å². The fraction of sp³-hybridized carbons (Fsp3) is 0.105. The van der Waals surface area contributed by atoms with Crippen LogP contribution in [0.15, 0.2) is 40.4 Å². The van der Waals surface area contributed by atoms with E-state index in [1.165, 1.54) is 12.1 Å². The highest BCUT2D eigenvalue weighted by atomic mass is 79.9. The lowest BCUT2D eigenvalue weighted by Crippen LogP contribution is -2.14. The smallest absolute Gasteiger partial charge is 0.266 e. The molecule has 0 aliphatic heterocycles. The number of amides is 1. The highest BCUT2D eigenvalue weighted by Gasteiger charge is 2.14. The quantitative estimate of drug-likeness (QED) is 0.466. The Morgan fingerprint density at radius 1 is 1.30 bits per heavy atom. The first-order valence-corrected chi connectivity index (χ1v) is 9.09. The number of hydrogen-bond acceptors (Lipinski definition) is 4. The molecule has 0 saturated carbocycles. The standard InChI is InChI=1S/C19H12BrCl2N3O2/c1-11-15(21)3-2-4-17(11)25-19(26)13(10-24)7-12-8-14(20)18(16(22)9-12)27-6-5-23/h2-4,7-9H,6H2,1H3,(H,25,26)/b13-7-. The van der Waals surface area contributed by atoms with Gasteiger partial charge in [0, 0.05) is 10.7 Å². The van der Waals surface area contributed by atoms with E-state index in [-0.39, 0.29) is 17.2 Å². The largest absolute Gasteiger partial charge is 0.476 e. The molecule has 8 heteroatoms. The summed E-state index contributed by atoms with van der Waals surface area (Å²) >= 11 is 15.5. The van der Waals surface area contributed by atoms with Gasteiger partial charge in [-0.3, -0.25) is 4.79 Å². The van der Waals surface area contributed by atoms with Gasteiger partial charge < -0.3 is 10.1 Å². The van der Waals surface area contributed by atoms with Crippen LogP contribution in [0.2, 0.25) is 10.0 Å². The third-order valence-electron chi connectivity index (χ3n) is 3.49. The van der Waals surface area contributed by atoms with Crippen LogP contribution in [0, 0.1) is 29.6 Å². The van der Waals surface area contributed by atoms with Crippen molar-refractivity contribution in [2.24, 2.45) is 0 Å². The van der Waals surface area contributed by atoms with E-state index >= 15 is 0 Å². The van der Waals surface area contributed by atoms with Crippen LogP contribution >= 0.6 is 39.1 Å². The maximum Gasteiger partial charge on any atom is 0.266 e. The van der Waals surface area contributed by atoms with Gasteiger partial charge in [0.15, 0.2) is 12.4 Å². The van der Waals surface area contributed by atoms with Crippen LogP contribution in [0.1, 0.15) is 11.1 Å². The van der Waals surface area contributed by atoms with E-state index < -0.39 is 5.91 Å². The summed E-state index contributed by atoms with van der Waals surface area (Å²) in [4.78, 5) is 12.4. The van der Waals surface area contributed by atoms with Crippen molar-refractivity contribution in [3.63, 3.8) is 0 Å².